The Kier molecular flexibility index (Phi) is 14.4. The van der Waals surface area contributed by atoms with Crippen LogP contribution in [0.15, 0.2) is 24.6 Å². The highest BCUT2D eigenvalue weighted by Crippen LogP contribution is 2.25. The molecule has 0 radical (unpaired) electrons. The van der Waals surface area contributed by atoms with Gasteiger partial charge in [0.1, 0.15) is 8.07 Å². The summed E-state index contributed by atoms with van der Waals surface area (Å²) in [6, 6.07) is 2.78. The standard InChI is InChI=1S/C20H40Si/c1-5-9-11-13-14-16-18-20-21(7-3,8-4)19-17-15-12-10-6-2/h7-8H,3-6,9-20H2,1-2H3. The van der Waals surface area contributed by atoms with Gasteiger partial charge in [-0.05, 0) is 0 Å². The zero-order valence-electron chi connectivity index (χ0n) is 15.0. The van der Waals surface area contributed by atoms with Crippen molar-refractivity contribution >= 4 is 8.07 Å². The first-order chi connectivity index (χ1) is 10.2. The fourth-order valence-electron chi connectivity index (χ4n) is 3.09. The van der Waals surface area contributed by atoms with Crippen LogP contribution in [0.3, 0.4) is 0 Å². The van der Waals surface area contributed by atoms with Crippen LogP contribution >= 0.6 is 0 Å². The predicted octanol–water partition coefficient (Wildman–Crippen LogP) is 7.61. The molecule has 0 aromatic rings. The molecule has 0 nitrogen and oxygen atoms in total. The van der Waals surface area contributed by atoms with Gasteiger partial charge in [-0.25, -0.2) is 0 Å². The minimum Gasteiger partial charge on any atom is -0.107 e. The highest BCUT2D eigenvalue weighted by Gasteiger charge is 2.24. The molecule has 0 saturated carbocycles. The van der Waals surface area contributed by atoms with Crippen molar-refractivity contribution in [2.24, 2.45) is 0 Å². The average Bonchev–Trinajstić information content (AvgIpc) is 2.52. The lowest BCUT2D eigenvalue weighted by molar-refractivity contribution is 0.600. The highest BCUT2D eigenvalue weighted by molar-refractivity contribution is 6.88. The first-order valence-electron chi connectivity index (χ1n) is 9.52. The van der Waals surface area contributed by atoms with E-state index in [1.165, 1.54) is 89.1 Å². The smallest absolute Gasteiger partial charge is 0.100 e. The van der Waals surface area contributed by atoms with Crippen molar-refractivity contribution < 1.29 is 0 Å². The topological polar surface area (TPSA) is 0 Å². The largest absolute Gasteiger partial charge is 0.107 e. The van der Waals surface area contributed by atoms with Gasteiger partial charge in [0, 0.05) is 0 Å². The van der Waals surface area contributed by atoms with Crippen LogP contribution in [0.2, 0.25) is 12.1 Å². The Morgan fingerprint density at radius 3 is 1.24 bits per heavy atom. The van der Waals surface area contributed by atoms with Crippen molar-refractivity contribution in [3.8, 4) is 0 Å². The molecule has 0 N–H and O–H groups in total. The third-order valence-corrected chi connectivity index (χ3v) is 9.00. The first kappa shape index (κ1) is 20.7. The Balaban J connectivity index is 3.82. The van der Waals surface area contributed by atoms with Crippen LogP contribution in [0.1, 0.15) is 90.9 Å². The lowest BCUT2D eigenvalue weighted by Crippen LogP contribution is -2.29. The number of hydrogen-bond acceptors (Lipinski definition) is 0. The van der Waals surface area contributed by atoms with E-state index < -0.39 is 8.07 Å². The lowest BCUT2D eigenvalue weighted by Gasteiger charge is -2.24. The summed E-state index contributed by atoms with van der Waals surface area (Å²) >= 11 is 0. The summed E-state index contributed by atoms with van der Waals surface area (Å²) in [5.41, 5.74) is 4.60. The molecule has 0 aliphatic rings. The zero-order chi connectivity index (χ0) is 15.8. The number of unbranched alkanes of at least 4 members (excludes halogenated alkanes) is 10. The molecule has 124 valence electrons. The molecule has 0 aliphatic heterocycles. The quantitative estimate of drug-likeness (QED) is 0.203. The monoisotopic (exact) mass is 308 g/mol. The van der Waals surface area contributed by atoms with E-state index in [-0.39, 0.29) is 0 Å². The molecule has 0 bridgehead atoms. The van der Waals surface area contributed by atoms with Gasteiger partial charge in [0.25, 0.3) is 0 Å². The van der Waals surface area contributed by atoms with Gasteiger partial charge in [0.2, 0.25) is 0 Å². The molecule has 21 heavy (non-hydrogen) atoms. The molecule has 0 atom stereocenters. The van der Waals surface area contributed by atoms with Gasteiger partial charge in [-0.15, -0.1) is 13.2 Å². The van der Waals surface area contributed by atoms with Gasteiger partial charge in [-0.1, -0.05) is 114 Å². The predicted molar refractivity (Wildman–Crippen MR) is 103 cm³/mol. The van der Waals surface area contributed by atoms with Gasteiger partial charge in [-0.3, -0.25) is 0 Å². The minimum atomic E-state index is -1.35. The molecule has 0 heterocycles. The van der Waals surface area contributed by atoms with Crippen LogP contribution in [0, 0.1) is 0 Å². The van der Waals surface area contributed by atoms with Gasteiger partial charge in [0.15, 0.2) is 0 Å². The van der Waals surface area contributed by atoms with Crippen molar-refractivity contribution in [1.29, 1.82) is 0 Å². The Bertz CT molecular complexity index is 236. The second-order valence-corrected chi connectivity index (χ2v) is 11.0. The summed E-state index contributed by atoms with van der Waals surface area (Å²) in [5.74, 6) is 0. The fourth-order valence-corrected chi connectivity index (χ4v) is 6.14. The molecule has 0 unspecified atom stereocenters. The lowest BCUT2D eigenvalue weighted by atomic mass is 10.1. The van der Waals surface area contributed by atoms with Crippen LogP contribution in [0.5, 0.6) is 0 Å². The molecular weight excluding hydrogens is 268 g/mol. The van der Waals surface area contributed by atoms with E-state index in [9.17, 15) is 0 Å². The minimum absolute atomic E-state index is 1.34. The summed E-state index contributed by atoms with van der Waals surface area (Å²) in [7, 11) is -1.35. The molecule has 0 saturated heterocycles. The fraction of sp³-hybridized carbons (Fsp3) is 0.800. The third kappa shape index (κ3) is 11.0. The molecular formula is C20H40Si. The van der Waals surface area contributed by atoms with Crippen LogP contribution in [0.25, 0.3) is 0 Å². The normalized spacial score (nSPS) is 11.5. The molecule has 0 amide bonds. The zero-order valence-corrected chi connectivity index (χ0v) is 16.0. The Labute approximate surface area is 136 Å². The van der Waals surface area contributed by atoms with Gasteiger partial charge in [-0.2, -0.15) is 0 Å². The van der Waals surface area contributed by atoms with Crippen molar-refractivity contribution in [3.63, 3.8) is 0 Å². The van der Waals surface area contributed by atoms with Crippen molar-refractivity contribution in [1.82, 2.24) is 0 Å². The molecule has 1 heteroatoms. The first-order valence-corrected chi connectivity index (χ1v) is 12.1. The van der Waals surface area contributed by atoms with E-state index in [0.29, 0.717) is 0 Å². The van der Waals surface area contributed by atoms with Gasteiger partial charge >= 0.3 is 0 Å². The maximum Gasteiger partial charge on any atom is 0.100 e. The Morgan fingerprint density at radius 2 is 0.905 bits per heavy atom. The highest BCUT2D eigenvalue weighted by atomic mass is 28.3. The van der Waals surface area contributed by atoms with E-state index >= 15 is 0 Å². The van der Waals surface area contributed by atoms with Crippen LogP contribution in [-0.4, -0.2) is 8.07 Å². The second kappa shape index (κ2) is 14.6. The van der Waals surface area contributed by atoms with Gasteiger partial charge in [0.05, 0.1) is 0 Å². The summed E-state index contributed by atoms with van der Waals surface area (Å²) in [5, 5.41) is 0. The maximum absolute atomic E-state index is 4.15. The molecule has 0 rings (SSSR count). The SMILES string of the molecule is C=C[Si](C=C)(CCCCCCC)CCCCCCCCC. The van der Waals surface area contributed by atoms with E-state index in [1.54, 1.807) is 0 Å². The molecule has 0 aromatic carbocycles. The summed E-state index contributed by atoms with van der Waals surface area (Å²) in [6.07, 6.45) is 16.8. The van der Waals surface area contributed by atoms with Crippen molar-refractivity contribution in [2.75, 3.05) is 0 Å². The molecule has 0 spiro atoms. The van der Waals surface area contributed by atoms with Crippen LogP contribution in [0.4, 0.5) is 0 Å². The molecule has 0 fully saturated rings. The van der Waals surface area contributed by atoms with Crippen LogP contribution < -0.4 is 0 Å². The summed E-state index contributed by atoms with van der Waals surface area (Å²) < 4.78 is 0. The Hall–Kier alpha value is -0.303. The van der Waals surface area contributed by atoms with E-state index in [0.717, 1.165) is 0 Å². The average molecular weight is 309 g/mol. The third-order valence-electron chi connectivity index (χ3n) is 4.80. The van der Waals surface area contributed by atoms with E-state index in [2.05, 4.69) is 38.4 Å². The van der Waals surface area contributed by atoms with Crippen molar-refractivity contribution in [2.45, 2.75) is 103 Å². The van der Waals surface area contributed by atoms with E-state index in [1.807, 2.05) is 0 Å². The summed E-state index contributed by atoms with van der Waals surface area (Å²) in [6.45, 7) is 12.9. The van der Waals surface area contributed by atoms with E-state index in [4.69, 9.17) is 0 Å². The van der Waals surface area contributed by atoms with Crippen LogP contribution in [-0.2, 0) is 0 Å². The second-order valence-electron chi connectivity index (χ2n) is 6.68. The van der Waals surface area contributed by atoms with Gasteiger partial charge < -0.3 is 0 Å². The van der Waals surface area contributed by atoms with Crippen molar-refractivity contribution in [3.05, 3.63) is 24.6 Å². The maximum atomic E-state index is 4.15. The number of rotatable bonds is 16. The summed E-state index contributed by atoms with van der Waals surface area (Å²) in [4.78, 5) is 0. The molecule has 0 aromatic heterocycles. The Morgan fingerprint density at radius 1 is 0.571 bits per heavy atom. The molecule has 0 aliphatic carbocycles. The number of hydrogen-bond donors (Lipinski definition) is 0.